The average Bonchev–Trinajstić information content (AvgIpc) is 2.26. The highest BCUT2D eigenvalue weighted by Gasteiger charge is 2.24. The lowest BCUT2D eigenvalue weighted by atomic mass is 9.80. The molecule has 0 spiro atoms. The van der Waals surface area contributed by atoms with Gasteiger partial charge in [-0.1, -0.05) is 13.8 Å². The maximum Gasteiger partial charge on any atom is 0.0697 e. The van der Waals surface area contributed by atoms with Gasteiger partial charge in [-0.25, -0.2) is 0 Å². The molecule has 1 fully saturated rings. The van der Waals surface area contributed by atoms with Gasteiger partial charge in [0.25, 0.3) is 0 Å². The Morgan fingerprint density at radius 2 is 2.06 bits per heavy atom. The molecule has 2 N–H and O–H groups in total. The zero-order chi connectivity index (χ0) is 11.8. The average molecular weight is 229 g/mol. The minimum absolute atomic E-state index is 0.130. The van der Waals surface area contributed by atoms with Crippen LogP contribution in [0.25, 0.3) is 0 Å². The Bertz CT molecular complexity index is 175. The lowest BCUT2D eigenvalue weighted by molar-refractivity contribution is 0.0895. The normalized spacial score (nSPS) is 30.6. The number of rotatable bonds is 7. The molecule has 0 aromatic rings. The van der Waals surface area contributed by atoms with Crippen molar-refractivity contribution in [1.82, 2.24) is 5.32 Å². The molecule has 96 valence electrons. The Hall–Kier alpha value is -0.120. The van der Waals surface area contributed by atoms with E-state index in [4.69, 9.17) is 9.84 Å². The maximum absolute atomic E-state index is 8.55. The number of ether oxygens (including phenoxy) is 1. The van der Waals surface area contributed by atoms with E-state index in [1.165, 1.54) is 19.3 Å². The fourth-order valence-electron chi connectivity index (χ4n) is 2.60. The van der Waals surface area contributed by atoms with Gasteiger partial charge in [0.05, 0.1) is 13.2 Å². The fourth-order valence-corrected chi connectivity index (χ4v) is 2.60. The summed E-state index contributed by atoms with van der Waals surface area (Å²) in [6, 6.07) is 0.703. The molecule has 0 saturated heterocycles. The highest BCUT2D eigenvalue weighted by atomic mass is 16.5. The van der Waals surface area contributed by atoms with E-state index in [0.717, 1.165) is 31.4 Å². The third-order valence-corrected chi connectivity index (χ3v) is 3.54. The smallest absolute Gasteiger partial charge is 0.0697 e. The summed E-state index contributed by atoms with van der Waals surface area (Å²) in [5, 5.41) is 12.2. The van der Waals surface area contributed by atoms with Crippen molar-refractivity contribution in [2.45, 2.75) is 45.6 Å². The molecule has 1 rings (SSSR count). The van der Waals surface area contributed by atoms with Gasteiger partial charge in [-0.15, -0.1) is 0 Å². The highest BCUT2D eigenvalue weighted by molar-refractivity contribution is 4.80. The summed E-state index contributed by atoms with van der Waals surface area (Å²) in [6.45, 7) is 7.10. The number of hydrogen-bond donors (Lipinski definition) is 2. The Morgan fingerprint density at radius 3 is 2.75 bits per heavy atom. The number of aliphatic hydroxyl groups excluding tert-OH is 1. The first-order chi connectivity index (χ1) is 7.74. The Kier molecular flexibility index (Phi) is 7.01. The van der Waals surface area contributed by atoms with Gasteiger partial charge >= 0.3 is 0 Å². The molecule has 1 aliphatic carbocycles. The van der Waals surface area contributed by atoms with Crippen molar-refractivity contribution in [3.05, 3.63) is 0 Å². The third kappa shape index (κ3) is 5.28. The second-order valence-electron chi connectivity index (χ2n) is 5.15. The molecule has 3 atom stereocenters. The van der Waals surface area contributed by atoms with Crippen LogP contribution in [0.5, 0.6) is 0 Å². The monoisotopic (exact) mass is 229 g/mol. The van der Waals surface area contributed by atoms with Crippen LogP contribution in [0.2, 0.25) is 0 Å². The van der Waals surface area contributed by atoms with Crippen LogP contribution < -0.4 is 5.32 Å². The topological polar surface area (TPSA) is 41.5 Å². The van der Waals surface area contributed by atoms with Crippen molar-refractivity contribution in [3.8, 4) is 0 Å². The molecule has 0 radical (unpaired) electrons. The molecule has 0 aromatic heterocycles. The molecule has 0 heterocycles. The standard InChI is InChI=1S/C13H27NO2/c1-11-4-5-13(12(2)10-11)14-6-3-8-16-9-7-15/h11-15H,3-10H2,1-2H3. The molecule has 3 heteroatoms. The van der Waals surface area contributed by atoms with E-state index in [1.807, 2.05) is 0 Å². The summed E-state index contributed by atoms with van der Waals surface area (Å²) < 4.78 is 5.23. The first-order valence-electron chi connectivity index (χ1n) is 6.66. The van der Waals surface area contributed by atoms with Crippen LogP contribution in [-0.2, 0) is 4.74 Å². The molecular formula is C13H27NO2. The van der Waals surface area contributed by atoms with Crippen LogP contribution in [-0.4, -0.2) is 37.5 Å². The number of hydrogen-bond acceptors (Lipinski definition) is 3. The van der Waals surface area contributed by atoms with E-state index in [2.05, 4.69) is 19.2 Å². The van der Waals surface area contributed by atoms with Crippen molar-refractivity contribution < 1.29 is 9.84 Å². The molecule has 0 amide bonds. The van der Waals surface area contributed by atoms with E-state index >= 15 is 0 Å². The third-order valence-electron chi connectivity index (χ3n) is 3.54. The molecule has 0 aromatic carbocycles. The summed E-state index contributed by atoms with van der Waals surface area (Å²) in [4.78, 5) is 0. The minimum Gasteiger partial charge on any atom is -0.394 e. The van der Waals surface area contributed by atoms with Gasteiger partial charge in [-0.05, 0) is 44.1 Å². The van der Waals surface area contributed by atoms with Gasteiger partial charge in [0, 0.05) is 12.6 Å². The first-order valence-corrected chi connectivity index (χ1v) is 6.66. The molecule has 0 bridgehead atoms. The molecular weight excluding hydrogens is 202 g/mol. The lowest BCUT2D eigenvalue weighted by Gasteiger charge is -2.33. The summed E-state index contributed by atoms with van der Waals surface area (Å²) in [6.07, 6.45) is 5.08. The quantitative estimate of drug-likeness (QED) is 0.654. The van der Waals surface area contributed by atoms with Crippen LogP contribution in [0.15, 0.2) is 0 Å². The lowest BCUT2D eigenvalue weighted by Crippen LogP contribution is -2.39. The molecule has 3 unspecified atom stereocenters. The van der Waals surface area contributed by atoms with Crippen LogP contribution >= 0.6 is 0 Å². The zero-order valence-electron chi connectivity index (χ0n) is 10.7. The second kappa shape index (κ2) is 8.04. The van der Waals surface area contributed by atoms with E-state index in [9.17, 15) is 0 Å². The Morgan fingerprint density at radius 1 is 1.25 bits per heavy atom. The summed E-state index contributed by atoms with van der Waals surface area (Å²) in [5.41, 5.74) is 0. The van der Waals surface area contributed by atoms with Gasteiger partial charge in [0.1, 0.15) is 0 Å². The number of aliphatic hydroxyl groups is 1. The van der Waals surface area contributed by atoms with E-state index < -0.39 is 0 Å². The summed E-state index contributed by atoms with van der Waals surface area (Å²) in [7, 11) is 0. The highest BCUT2D eigenvalue weighted by Crippen LogP contribution is 2.28. The zero-order valence-corrected chi connectivity index (χ0v) is 10.7. The first kappa shape index (κ1) is 13.9. The maximum atomic E-state index is 8.55. The summed E-state index contributed by atoms with van der Waals surface area (Å²) >= 11 is 0. The molecule has 1 saturated carbocycles. The van der Waals surface area contributed by atoms with Gasteiger partial charge in [0.15, 0.2) is 0 Å². The van der Waals surface area contributed by atoms with Crippen LogP contribution in [0.3, 0.4) is 0 Å². The summed E-state index contributed by atoms with van der Waals surface area (Å²) in [5.74, 6) is 1.71. The second-order valence-corrected chi connectivity index (χ2v) is 5.15. The number of nitrogens with one attached hydrogen (secondary N) is 1. The van der Waals surface area contributed by atoms with Gasteiger partial charge in [-0.2, -0.15) is 0 Å². The van der Waals surface area contributed by atoms with Crippen LogP contribution in [0.1, 0.15) is 39.5 Å². The van der Waals surface area contributed by atoms with Gasteiger partial charge < -0.3 is 15.2 Å². The van der Waals surface area contributed by atoms with Gasteiger partial charge in [-0.3, -0.25) is 0 Å². The molecule has 16 heavy (non-hydrogen) atoms. The van der Waals surface area contributed by atoms with Crippen LogP contribution in [0, 0.1) is 11.8 Å². The SMILES string of the molecule is CC1CCC(NCCCOCCO)C(C)C1. The van der Waals surface area contributed by atoms with Crippen molar-refractivity contribution in [2.24, 2.45) is 11.8 Å². The van der Waals surface area contributed by atoms with E-state index in [-0.39, 0.29) is 6.61 Å². The van der Waals surface area contributed by atoms with Crippen LogP contribution in [0.4, 0.5) is 0 Å². The van der Waals surface area contributed by atoms with E-state index in [1.54, 1.807) is 0 Å². The van der Waals surface area contributed by atoms with Crippen molar-refractivity contribution in [3.63, 3.8) is 0 Å². The van der Waals surface area contributed by atoms with E-state index in [0.29, 0.717) is 12.6 Å². The predicted molar refractivity (Wildman–Crippen MR) is 66.5 cm³/mol. The Balaban J connectivity index is 2.00. The van der Waals surface area contributed by atoms with Crippen molar-refractivity contribution in [1.29, 1.82) is 0 Å². The molecule has 0 aliphatic heterocycles. The minimum atomic E-state index is 0.130. The molecule has 1 aliphatic rings. The predicted octanol–water partition coefficient (Wildman–Crippen LogP) is 1.80. The van der Waals surface area contributed by atoms with Crippen molar-refractivity contribution in [2.75, 3.05) is 26.4 Å². The van der Waals surface area contributed by atoms with Crippen molar-refractivity contribution >= 4 is 0 Å². The molecule has 3 nitrogen and oxygen atoms in total. The Labute approximate surface area is 99.6 Å². The largest absolute Gasteiger partial charge is 0.394 e. The fraction of sp³-hybridized carbons (Fsp3) is 1.00. The van der Waals surface area contributed by atoms with Gasteiger partial charge in [0.2, 0.25) is 0 Å².